The Balaban J connectivity index is 1.60. The van der Waals surface area contributed by atoms with E-state index in [0.29, 0.717) is 0 Å². The molecule has 0 saturated carbocycles. The topological polar surface area (TPSA) is 55.8 Å². The lowest BCUT2D eigenvalue weighted by Gasteiger charge is -2.43. The van der Waals surface area contributed by atoms with E-state index < -0.39 is 0 Å². The molecule has 126 valence electrons. The second-order valence-corrected chi connectivity index (χ2v) is 7.31. The number of piperidine rings is 1. The summed E-state index contributed by atoms with van der Waals surface area (Å²) in [5, 5.41) is 12.8. The normalized spacial score (nSPS) is 24.5. The zero-order valence-corrected chi connectivity index (χ0v) is 14.1. The van der Waals surface area contributed by atoms with E-state index in [1.165, 1.54) is 0 Å². The number of benzene rings is 1. The van der Waals surface area contributed by atoms with Crippen LogP contribution in [0.25, 0.3) is 0 Å². The van der Waals surface area contributed by atoms with Gasteiger partial charge in [0.15, 0.2) is 0 Å². The Bertz CT molecular complexity index is 548. The van der Waals surface area contributed by atoms with Crippen LogP contribution in [0.15, 0.2) is 24.3 Å². The van der Waals surface area contributed by atoms with Crippen LogP contribution in [0.5, 0.6) is 5.75 Å². The zero-order valence-electron chi connectivity index (χ0n) is 14.1. The molecule has 1 amide bonds. The number of amides is 1. The van der Waals surface area contributed by atoms with E-state index >= 15 is 0 Å². The molecule has 1 unspecified atom stereocenters. The molecule has 1 aromatic rings. The third kappa shape index (κ3) is 3.44. The third-order valence-electron chi connectivity index (χ3n) is 5.18. The summed E-state index contributed by atoms with van der Waals surface area (Å²) in [6, 6.07) is 7.22. The fourth-order valence-electron chi connectivity index (χ4n) is 3.66. The molecule has 2 saturated heterocycles. The highest BCUT2D eigenvalue weighted by Crippen LogP contribution is 2.31. The molecule has 0 aromatic heterocycles. The van der Waals surface area contributed by atoms with Crippen LogP contribution in [-0.2, 0) is 4.79 Å². The largest absolute Gasteiger partial charge is 0.508 e. The molecule has 2 aliphatic heterocycles. The minimum atomic E-state index is -0.0588. The average Bonchev–Trinajstić information content (AvgIpc) is 2.55. The van der Waals surface area contributed by atoms with Crippen LogP contribution in [0.2, 0.25) is 0 Å². The van der Waals surface area contributed by atoms with Crippen molar-refractivity contribution in [3.05, 3.63) is 24.3 Å². The van der Waals surface area contributed by atoms with Gasteiger partial charge in [-0.05, 0) is 49.1 Å². The van der Waals surface area contributed by atoms with Crippen LogP contribution in [0.1, 0.15) is 26.7 Å². The maximum Gasteiger partial charge on any atom is 0.240 e. The van der Waals surface area contributed by atoms with Crippen LogP contribution in [-0.4, -0.2) is 54.7 Å². The Hall–Kier alpha value is -1.75. The van der Waals surface area contributed by atoms with Gasteiger partial charge in [-0.2, -0.15) is 0 Å². The molecule has 2 aliphatic rings. The quantitative estimate of drug-likeness (QED) is 0.874. The first-order valence-corrected chi connectivity index (χ1v) is 8.53. The molecule has 2 N–H and O–H groups in total. The lowest BCUT2D eigenvalue weighted by atomic mass is 9.77. The van der Waals surface area contributed by atoms with Gasteiger partial charge in [0.05, 0.1) is 6.04 Å². The maximum absolute atomic E-state index is 12.9. The van der Waals surface area contributed by atoms with Crippen molar-refractivity contribution in [2.45, 2.75) is 32.7 Å². The van der Waals surface area contributed by atoms with Crippen molar-refractivity contribution < 1.29 is 9.90 Å². The smallest absolute Gasteiger partial charge is 0.240 e. The van der Waals surface area contributed by atoms with Crippen molar-refractivity contribution in [1.29, 1.82) is 0 Å². The summed E-state index contributed by atoms with van der Waals surface area (Å²) in [6.45, 7) is 8.51. The van der Waals surface area contributed by atoms with Gasteiger partial charge in [0.2, 0.25) is 5.91 Å². The van der Waals surface area contributed by atoms with E-state index in [-0.39, 0.29) is 23.1 Å². The first kappa shape index (κ1) is 16.1. The average molecular weight is 317 g/mol. The summed E-state index contributed by atoms with van der Waals surface area (Å²) in [6.07, 6.45) is 2.25. The van der Waals surface area contributed by atoms with E-state index in [1.807, 2.05) is 17.0 Å². The maximum atomic E-state index is 12.9. The van der Waals surface area contributed by atoms with Gasteiger partial charge >= 0.3 is 0 Å². The Morgan fingerprint density at radius 3 is 2.43 bits per heavy atom. The molecule has 0 radical (unpaired) electrons. The van der Waals surface area contributed by atoms with Crippen LogP contribution < -0.4 is 10.2 Å². The molecule has 2 fully saturated rings. The van der Waals surface area contributed by atoms with Crippen LogP contribution in [0.4, 0.5) is 5.69 Å². The summed E-state index contributed by atoms with van der Waals surface area (Å²) >= 11 is 0. The molecule has 5 heteroatoms. The summed E-state index contributed by atoms with van der Waals surface area (Å²) in [5.74, 6) is 0.535. The van der Waals surface area contributed by atoms with E-state index in [9.17, 15) is 9.90 Å². The SMILES string of the molecule is CC1(C)CCCNC1C(=O)N1CCN(c2ccc(O)cc2)CC1. The van der Waals surface area contributed by atoms with E-state index in [1.54, 1.807) is 12.1 Å². The van der Waals surface area contributed by atoms with Crippen molar-refractivity contribution in [1.82, 2.24) is 10.2 Å². The van der Waals surface area contributed by atoms with Crippen LogP contribution in [0, 0.1) is 5.41 Å². The summed E-state index contributed by atoms with van der Waals surface area (Å²) in [5.41, 5.74) is 1.13. The number of carbonyl (C=O) groups excluding carboxylic acids is 1. The van der Waals surface area contributed by atoms with E-state index in [2.05, 4.69) is 24.1 Å². The number of aromatic hydroxyl groups is 1. The fourth-order valence-corrected chi connectivity index (χ4v) is 3.66. The number of nitrogens with zero attached hydrogens (tertiary/aromatic N) is 2. The number of anilines is 1. The van der Waals surface area contributed by atoms with Gasteiger partial charge in [-0.3, -0.25) is 4.79 Å². The van der Waals surface area contributed by atoms with Gasteiger partial charge in [0, 0.05) is 31.9 Å². The number of phenols is 1. The standard InChI is InChI=1S/C18H27N3O2/c1-18(2)8-3-9-19-16(18)17(23)21-12-10-20(11-13-21)14-4-6-15(22)7-5-14/h4-7,16,19,22H,3,8-13H2,1-2H3. The summed E-state index contributed by atoms with van der Waals surface area (Å²) < 4.78 is 0. The van der Waals surface area contributed by atoms with Gasteiger partial charge in [-0.1, -0.05) is 13.8 Å². The molecular formula is C18H27N3O2. The van der Waals surface area contributed by atoms with Crippen molar-refractivity contribution >= 4 is 11.6 Å². The van der Waals surface area contributed by atoms with Crippen LogP contribution in [0.3, 0.4) is 0 Å². The highest BCUT2D eigenvalue weighted by molar-refractivity contribution is 5.83. The summed E-state index contributed by atoms with van der Waals surface area (Å²) in [7, 11) is 0. The number of piperazine rings is 1. The van der Waals surface area contributed by atoms with Crippen molar-refractivity contribution in [2.75, 3.05) is 37.6 Å². The molecular weight excluding hydrogens is 290 g/mol. The molecule has 0 aliphatic carbocycles. The molecule has 1 aromatic carbocycles. The van der Waals surface area contributed by atoms with Gasteiger partial charge in [0.1, 0.15) is 5.75 Å². The number of hydrogen-bond acceptors (Lipinski definition) is 4. The Morgan fingerprint density at radius 1 is 1.17 bits per heavy atom. The molecule has 3 rings (SSSR count). The molecule has 2 heterocycles. The summed E-state index contributed by atoms with van der Waals surface area (Å²) in [4.78, 5) is 17.1. The predicted octanol–water partition coefficient (Wildman–Crippen LogP) is 1.82. The number of nitrogens with one attached hydrogen (secondary N) is 1. The Kier molecular flexibility index (Phi) is 4.48. The molecule has 1 atom stereocenters. The molecule has 5 nitrogen and oxygen atoms in total. The minimum absolute atomic E-state index is 0.0312. The Labute approximate surface area is 138 Å². The van der Waals surface area contributed by atoms with Crippen molar-refractivity contribution in [3.8, 4) is 5.75 Å². The van der Waals surface area contributed by atoms with Crippen molar-refractivity contribution in [2.24, 2.45) is 5.41 Å². The zero-order chi connectivity index (χ0) is 16.4. The molecule has 0 bridgehead atoms. The van der Waals surface area contributed by atoms with Crippen LogP contribution >= 0.6 is 0 Å². The number of rotatable bonds is 2. The van der Waals surface area contributed by atoms with E-state index in [4.69, 9.17) is 0 Å². The first-order chi connectivity index (χ1) is 11.0. The minimum Gasteiger partial charge on any atom is -0.508 e. The highest BCUT2D eigenvalue weighted by atomic mass is 16.3. The predicted molar refractivity (Wildman–Crippen MR) is 91.7 cm³/mol. The van der Waals surface area contributed by atoms with Gasteiger partial charge in [-0.25, -0.2) is 0 Å². The monoisotopic (exact) mass is 317 g/mol. The molecule has 23 heavy (non-hydrogen) atoms. The number of carbonyl (C=O) groups is 1. The number of phenolic OH excluding ortho intramolecular Hbond substituents is 1. The highest BCUT2D eigenvalue weighted by Gasteiger charge is 2.39. The van der Waals surface area contributed by atoms with Gasteiger partial charge in [-0.15, -0.1) is 0 Å². The molecule has 0 spiro atoms. The second kappa shape index (κ2) is 6.40. The first-order valence-electron chi connectivity index (χ1n) is 8.53. The lowest BCUT2D eigenvalue weighted by molar-refractivity contribution is -0.137. The van der Waals surface area contributed by atoms with Crippen molar-refractivity contribution in [3.63, 3.8) is 0 Å². The lowest BCUT2D eigenvalue weighted by Crippen LogP contribution is -2.59. The second-order valence-electron chi connectivity index (χ2n) is 7.31. The van der Waals surface area contributed by atoms with E-state index in [0.717, 1.165) is 51.3 Å². The Morgan fingerprint density at radius 2 is 1.83 bits per heavy atom. The number of hydrogen-bond donors (Lipinski definition) is 2. The van der Waals surface area contributed by atoms with Gasteiger partial charge < -0.3 is 20.2 Å². The fraction of sp³-hybridized carbons (Fsp3) is 0.611. The third-order valence-corrected chi connectivity index (χ3v) is 5.18. The van der Waals surface area contributed by atoms with Gasteiger partial charge in [0.25, 0.3) is 0 Å².